The van der Waals surface area contributed by atoms with E-state index in [1.165, 1.54) is 88.8 Å². The van der Waals surface area contributed by atoms with Gasteiger partial charge in [-0.2, -0.15) is 0 Å². The van der Waals surface area contributed by atoms with Crippen LogP contribution in [0.4, 0.5) is 0 Å². The summed E-state index contributed by atoms with van der Waals surface area (Å²) in [6.45, 7) is 2.29. The molecule has 0 radical (unpaired) electrons. The molecule has 16 heavy (non-hydrogen) atoms. The van der Waals surface area contributed by atoms with Crippen molar-refractivity contribution >= 4 is 16.0 Å². The van der Waals surface area contributed by atoms with Crippen molar-refractivity contribution in [2.75, 3.05) is 0 Å². The third-order valence-corrected chi connectivity index (χ3v) is 3.93. The summed E-state index contributed by atoms with van der Waals surface area (Å²) in [4.78, 5) is 0. The predicted octanol–water partition coefficient (Wildman–Crippen LogP) is 5.40. The molecule has 98 valence electrons. The number of rotatable bonds is 13. The van der Waals surface area contributed by atoms with Crippen molar-refractivity contribution in [2.24, 2.45) is 0 Å². The fourth-order valence-corrected chi connectivity index (χ4v) is 2.60. The first-order valence-corrected chi connectivity index (χ1v) is 8.85. The van der Waals surface area contributed by atoms with Crippen molar-refractivity contribution in [1.82, 2.24) is 0 Å². The maximum absolute atomic E-state index is 2.69. The van der Waals surface area contributed by atoms with Crippen molar-refractivity contribution in [1.29, 1.82) is 0 Å². The molecule has 0 unspecified atom stereocenters. The summed E-state index contributed by atoms with van der Waals surface area (Å²) in [5, 5.41) is 1.31. The second kappa shape index (κ2) is 15.5. The second-order valence-electron chi connectivity index (χ2n) is 4.97. The molecule has 0 N–H and O–H groups in total. The fraction of sp³-hybridized carbons (Fsp3) is 1.00. The topological polar surface area (TPSA) is 0 Å². The van der Waals surface area contributed by atoms with Crippen molar-refractivity contribution in [3.8, 4) is 0 Å². The fourth-order valence-electron chi connectivity index (χ4n) is 2.13. The van der Waals surface area contributed by atoms with Crippen LogP contribution >= 0.6 is 0 Å². The average molecular weight is 291 g/mol. The van der Waals surface area contributed by atoms with Gasteiger partial charge in [0.2, 0.25) is 0 Å². The molecule has 0 rings (SSSR count). The predicted molar refractivity (Wildman–Crippen MR) is 77.7 cm³/mol. The second-order valence-corrected chi connectivity index (χ2v) is 5.90. The molecular formula is C15H32Se. The van der Waals surface area contributed by atoms with E-state index in [0.717, 1.165) is 0 Å². The van der Waals surface area contributed by atoms with E-state index in [-0.39, 0.29) is 0 Å². The number of unbranched alkanes of at least 4 members (excludes halogenated alkanes) is 12. The Labute approximate surface area is 112 Å². The molecule has 0 fully saturated rings. The molecule has 0 aliphatic carbocycles. The Morgan fingerprint density at radius 1 is 0.500 bits per heavy atom. The third-order valence-electron chi connectivity index (χ3n) is 3.26. The molecule has 0 heterocycles. The van der Waals surface area contributed by atoms with E-state index < -0.39 is 0 Å². The van der Waals surface area contributed by atoms with E-state index in [1.807, 2.05) is 0 Å². The zero-order chi connectivity index (χ0) is 11.9. The van der Waals surface area contributed by atoms with Gasteiger partial charge in [0.25, 0.3) is 0 Å². The molecule has 0 aliphatic heterocycles. The van der Waals surface area contributed by atoms with Gasteiger partial charge in [-0.05, 0) is 0 Å². The first kappa shape index (κ1) is 16.5. The minimum absolute atomic E-state index is 1.31. The van der Waals surface area contributed by atoms with Crippen molar-refractivity contribution in [2.45, 2.75) is 95.7 Å². The molecule has 0 aromatic carbocycles. The van der Waals surface area contributed by atoms with Crippen LogP contribution in [0.25, 0.3) is 0 Å². The number of hydrogen-bond donors (Lipinski definition) is 0. The van der Waals surface area contributed by atoms with Crippen LogP contribution in [0.2, 0.25) is 5.32 Å². The molecule has 0 saturated carbocycles. The summed E-state index contributed by atoms with van der Waals surface area (Å²) in [5.74, 6) is 0. The van der Waals surface area contributed by atoms with E-state index in [4.69, 9.17) is 0 Å². The normalized spacial score (nSPS) is 10.9. The Bertz CT molecular complexity index is 98.0. The molecule has 0 atom stereocenters. The van der Waals surface area contributed by atoms with Gasteiger partial charge < -0.3 is 0 Å². The molecule has 0 aromatic rings. The van der Waals surface area contributed by atoms with Gasteiger partial charge in [-0.25, -0.2) is 0 Å². The molecular weight excluding hydrogens is 259 g/mol. The van der Waals surface area contributed by atoms with Crippen molar-refractivity contribution in [3.63, 3.8) is 0 Å². The van der Waals surface area contributed by atoms with Gasteiger partial charge in [0.05, 0.1) is 0 Å². The van der Waals surface area contributed by atoms with Crippen LogP contribution in [0.1, 0.15) is 90.4 Å². The Kier molecular flexibility index (Phi) is 16.0. The molecule has 0 spiro atoms. The monoisotopic (exact) mass is 292 g/mol. The molecule has 0 saturated heterocycles. The summed E-state index contributed by atoms with van der Waals surface area (Å²) in [6, 6.07) is 0. The van der Waals surface area contributed by atoms with Gasteiger partial charge in [-0.1, -0.05) is 19.8 Å². The Hall–Kier alpha value is 0.519. The minimum atomic E-state index is 1.31. The van der Waals surface area contributed by atoms with Crippen LogP contribution in [0.3, 0.4) is 0 Å². The first-order valence-electron chi connectivity index (χ1n) is 7.52. The third kappa shape index (κ3) is 14.5. The first-order chi connectivity index (χ1) is 7.91. The molecule has 0 nitrogen and oxygen atoms in total. The van der Waals surface area contributed by atoms with Crippen LogP contribution in [0.15, 0.2) is 0 Å². The zero-order valence-electron chi connectivity index (χ0n) is 11.3. The van der Waals surface area contributed by atoms with E-state index in [1.54, 1.807) is 0 Å². The SMILES string of the molecule is CCCCCCCCCCCCCCC[SeH]. The molecule has 0 aromatic heterocycles. The Morgan fingerprint density at radius 3 is 1.12 bits per heavy atom. The standard InChI is InChI=1S/C15H32Se/c1-2-3-4-5-6-7-8-9-10-11-12-13-14-15-16/h16H,2-15H2,1H3. The summed E-state index contributed by atoms with van der Waals surface area (Å²) in [5.41, 5.74) is 0. The quantitative estimate of drug-likeness (QED) is 0.315. The van der Waals surface area contributed by atoms with Crippen LogP contribution in [0.5, 0.6) is 0 Å². The van der Waals surface area contributed by atoms with E-state index in [0.29, 0.717) is 0 Å². The zero-order valence-corrected chi connectivity index (χ0v) is 13.2. The Balaban J connectivity index is 2.83. The maximum atomic E-state index is 2.69. The van der Waals surface area contributed by atoms with Gasteiger partial charge >= 0.3 is 92.0 Å². The molecule has 0 aliphatic rings. The summed E-state index contributed by atoms with van der Waals surface area (Å²) >= 11 is 2.69. The summed E-state index contributed by atoms with van der Waals surface area (Å²) in [6.07, 6.45) is 19.0. The number of hydrogen-bond acceptors (Lipinski definition) is 0. The Morgan fingerprint density at radius 2 is 0.812 bits per heavy atom. The van der Waals surface area contributed by atoms with Crippen LogP contribution in [0, 0.1) is 0 Å². The van der Waals surface area contributed by atoms with E-state index in [9.17, 15) is 0 Å². The van der Waals surface area contributed by atoms with Gasteiger partial charge in [0.15, 0.2) is 0 Å². The average Bonchev–Trinajstić information content (AvgIpc) is 2.31. The van der Waals surface area contributed by atoms with Gasteiger partial charge in [0.1, 0.15) is 0 Å². The van der Waals surface area contributed by atoms with Gasteiger partial charge in [-0.15, -0.1) is 0 Å². The molecule has 0 bridgehead atoms. The van der Waals surface area contributed by atoms with E-state index in [2.05, 4.69) is 22.9 Å². The summed E-state index contributed by atoms with van der Waals surface area (Å²) < 4.78 is 0. The van der Waals surface area contributed by atoms with Crippen LogP contribution in [-0.2, 0) is 0 Å². The molecule has 1 heteroatoms. The van der Waals surface area contributed by atoms with Crippen LogP contribution in [-0.4, -0.2) is 16.0 Å². The van der Waals surface area contributed by atoms with Crippen molar-refractivity contribution < 1.29 is 0 Å². The van der Waals surface area contributed by atoms with Crippen LogP contribution < -0.4 is 0 Å². The van der Waals surface area contributed by atoms with Gasteiger partial charge in [-0.3, -0.25) is 0 Å². The molecule has 0 amide bonds. The summed E-state index contributed by atoms with van der Waals surface area (Å²) in [7, 11) is 0. The van der Waals surface area contributed by atoms with Crippen molar-refractivity contribution in [3.05, 3.63) is 0 Å². The van der Waals surface area contributed by atoms with Gasteiger partial charge in [0, 0.05) is 0 Å². The van der Waals surface area contributed by atoms with E-state index >= 15 is 0 Å².